The van der Waals surface area contributed by atoms with Gasteiger partial charge in [-0.2, -0.15) is 0 Å². The molecule has 104 valence electrons. The van der Waals surface area contributed by atoms with E-state index in [1.54, 1.807) is 6.07 Å². The zero-order valence-corrected chi connectivity index (χ0v) is 13.7. The molecule has 0 amide bonds. The van der Waals surface area contributed by atoms with Crippen molar-refractivity contribution in [2.75, 3.05) is 0 Å². The first-order chi connectivity index (χ1) is 8.77. The number of halogens is 3. The predicted octanol–water partition coefficient (Wildman–Crippen LogP) is 5.79. The SMILES string of the molecule is CCC(C)(C)n1c(C(C)Cl)nc2cc(Cl)c(Cl)cc21. The molecule has 0 aliphatic carbocycles. The zero-order chi connectivity index (χ0) is 14.4. The highest BCUT2D eigenvalue weighted by Crippen LogP contribution is 2.35. The summed E-state index contributed by atoms with van der Waals surface area (Å²) in [6, 6.07) is 3.66. The van der Waals surface area contributed by atoms with Crippen LogP contribution >= 0.6 is 34.8 Å². The lowest BCUT2D eigenvalue weighted by molar-refractivity contribution is 0.341. The molecule has 19 heavy (non-hydrogen) atoms. The third-order valence-electron chi connectivity index (χ3n) is 3.55. The maximum atomic E-state index is 6.27. The Morgan fingerprint density at radius 3 is 2.37 bits per heavy atom. The Kier molecular flexibility index (Phi) is 4.06. The lowest BCUT2D eigenvalue weighted by Crippen LogP contribution is -2.27. The van der Waals surface area contributed by atoms with E-state index in [4.69, 9.17) is 34.8 Å². The van der Waals surface area contributed by atoms with Crippen LogP contribution in [-0.2, 0) is 5.54 Å². The van der Waals surface area contributed by atoms with Crippen molar-refractivity contribution in [3.63, 3.8) is 0 Å². The van der Waals surface area contributed by atoms with Gasteiger partial charge in [-0.15, -0.1) is 11.6 Å². The third kappa shape index (κ3) is 2.58. The van der Waals surface area contributed by atoms with E-state index in [2.05, 4.69) is 30.3 Å². The largest absolute Gasteiger partial charge is 0.321 e. The highest BCUT2D eigenvalue weighted by molar-refractivity contribution is 6.42. The molecule has 0 N–H and O–H groups in total. The van der Waals surface area contributed by atoms with Crippen LogP contribution in [0.4, 0.5) is 0 Å². The monoisotopic (exact) mass is 318 g/mol. The van der Waals surface area contributed by atoms with Crippen LogP contribution in [0.3, 0.4) is 0 Å². The molecule has 2 rings (SSSR count). The van der Waals surface area contributed by atoms with E-state index >= 15 is 0 Å². The molecule has 0 saturated carbocycles. The first kappa shape index (κ1) is 15.0. The van der Waals surface area contributed by atoms with Crippen molar-refractivity contribution in [3.8, 4) is 0 Å². The maximum absolute atomic E-state index is 6.27. The summed E-state index contributed by atoms with van der Waals surface area (Å²) in [6.07, 6.45) is 0.968. The average molecular weight is 320 g/mol. The van der Waals surface area contributed by atoms with Gasteiger partial charge in [0.15, 0.2) is 0 Å². The van der Waals surface area contributed by atoms with Gasteiger partial charge < -0.3 is 4.57 Å². The van der Waals surface area contributed by atoms with Gasteiger partial charge in [-0.1, -0.05) is 30.1 Å². The van der Waals surface area contributed by atoms with E-state index in [1.807, 2.05) is 13.0 Å². The fourth-order valence-corrected chi connectivity index (χ4v) is 2.61. The Morgan fingerprint density at radius 1 is 1.26 bits per heavy atom. The summed E-state index contributed by atoms with van der Waals surface area (Å²) in [4.78, 5) is 4.62. The van der Waals surface area contributed by atoms with Gasteiger partial charge in [-0.05, 0) is 39.3 Å². The number of hydrogen-bond acceptors (Lipinski definition) is 1. The molecular formula is C14H17Cl3N2. The van der Waals surface area contributed by atoms with Crippen molar-refractivity contribution in [2.24, 2.45) is 0 Å². The van der Waals surface area contributed by atoms with Crippen LogP contribution in [-0.4, -0.2) is 9.55 Å². The van der Waals surface area contributed by atoms with Gasteiger partial charge in [-0.25, -0.2) is 4.98 Å². The van der Waals surface area contributed by atoms with Gasteiger partial charge in [-0.3, -0.25) is 0 Å². The molecule has 1 atom stereocenters. The van der Waals surface area contributed by atoms with E-state index in [-0.39, 0.29) is 10.9 Å². The number of alkyl halides is 1. The first-order valence-electron chi connectivity index (χ1n) is 6.30. The molecule has 1 aromatic heterocycles. The standard InChI is InChI=1S/C14H17Cl3N2/c1-5-14(3,4)19-12-7-10(17)9(16)6-11(12)18-13(19)8(2)15/h6-8H,5H2,1-4H3. The minimum Gasteiger partial charge on any atom is -0.321 e. The van der Waals surface area contributed by atoms with Crippen molar-refractivity contribution in [1.29, 1.82) is 0 Å². The van der Waals surface area contributed by atoms with Gasteiger partial charge in [0.05, 0.1) is 26.5 Å². The van der Waals surface area contributed by atoms with E-state index in [9.17, 15) is 0 Å². The van der Waals surface area contributed by atoms with Crippen LogP contribution in [0.5, 0.6) is 0 Å². The van der Waals surface area contributed by atoms with Gasteiger partial charge in [0.2, 0.25) is 0 Å². The van der Waals surface area contributed by atoms with Crippen LogP contribution in [0.15, 0.2) is 12.1 Å². The van der Waals surface area contributed by atoms with E-state index < -0.39 is 0 Å². The highest BCUT2D eigenvalue weighted by atomic mass is 35.5. The second-order valence-electron chi connectivity index (χ2n) is 5.34. The molecule has 0 spiro atoms. The van der Waals surface area contributed by atoms with Crippen molar-refractivity contribution in [2.45, 2.75) is 45.0 Å². The van der Waals surface area contributed by atoms with Crippen molar-refractivity contribution in [3.05, 3.63) is 28.0 Å². The fraction of sp³-hybridized carbons (Fsp3) is 0.500. The quantitative estimate of drug-likeness (QED) is 0.655. The van der Waals surface area contributed by atoms with Gasteiger partial charge >= 0.3 is 0 Å². The second kappa shape index (κ2) is 5.16. The second-order valence-corrected chi connectivity index (χ2v) is 6.81. The summed E-state index contributed by atoms with van der Waals surface area (Å²) < 4.78 is 2.17. The Hall–Kier alpha value is -0.440. The van der Waals surface area contributed by atoms with Crippen molar-refractivity contribution in [1.82, 2.24) is 9.55 Å². The van der Waals surface area contributed by atoms with Crippen LogP contribution < -0.4 is 0 Å². The van der Waals surface area contributed by atoms with Gasteiger partial charge in [0.1, 0.15) is 5.82 Å². The van der Waals surface area contributed by atoms with Crippen LogP contribution in [0.25, 0.3) is 11.0 Å². The number of benzene rings is 1. The summed E-state index contributed by atoms with van der Waals surface area (Å²) >= 11 is 18.5. The Morgan fingerprint density at radius 2 is 1.84 bits per heavy atom. The molecule has 0 saturated heterocycles. The molecule has 1 aromatic carbocycles. The molecule has 2 aromatic rings. The predicted molar refractivity (Wildman–Crippen MR) is 83.6 cm³/mol. The minimum absolute atomic E-state index is 0.0790. The van der Waals surface area contributed by atoms with E-state index in [1.165, 1.54) is 0 Å². The normalized spacial score (nSPS) is 14.1. The average Bonchev–Trinajstić information content (AvgIpc) is 2.69. The number of imidazole rings is 1. The van der Waals surface area contributed by atoms with Crippen molar-refractivity contribution < 1.29 is 0 Å². The molecule has 5 heteroatoms. The van der Waals surface area contributed by atoms with E-state index in [0.29, 0.717) is 10.0 Å². The third-order valence-corrected chi connectivity index (χ3v) is 4.47. The van der Waals surface area contributed by atoms with Crippen LogP contribution in [0.1, 0.15) is 45.3 Å². The van der Waals surface area contributed by atoms with Crippen LogP contribution in [0.2, 0.25) is 10.0 Å². The number of fused-ring (bicyclic) bond motifs is 1. The molecule has 0 aliphatic rings. The van der Waals surface area contributed by atoms with Gasteiger partial charge in [0.25, 0.3) is 0 Å². The smallest absolute Gasteiger partial charge is 0.128 e. The summed E-state index contributed by atoms with van der Waals surface area (Å²) in [5.74, 6) is 0.849. The summed E-state index contributed by atoms with van der Waals surface area (Å²) in [5, 5.41) is 0.883. The zero-order valence-electron chi connectivity index (χ0n) is 11.5. The summed E-state index contributed by atoms with van der Waals surface area (Å²) in [7, 11) is 0. The topological polar surface area (TPSA) is 17.8 Å². The summed E-state index contributed by atoms with van der Waals surface area (Å²) in [6.45, 7) is 8.40. The lowest BCUT2D eigenvalue weighted by atomic mass is 10.0. The molecule has 1 heterocycles. The molecule has 0 aliphatic heterocycles. The summed E-state index contributed by atoms with van der Waals surface area (Å²) in [5.41, 5.74) is 1.73. The Bertz CT molecular complexity index is 615. The number of nitrogens with zero attached hydrogens (tertiary/aromatic N) is 2. The Labute approximate surface area is 128 Å². The van der Waals surface area contributed by atoms with Crippen molar-refractivity contribution >= 4 is 45.8 Å². The highest BCUT2D eigenvalue weighted by Gasteiger charge is 2.26. The first-order valence-corrected chi connectivity index (χ1v) is 7.49. The molecule has 0 radical (unpaired) electrons. The molecular weight excluding hydrogens is 303 g/mol. The lowest BCUT2D eigenvalue weighted by Gasteiger charge is -2.28. The fourth-order valence-electron chi connectivity index (χ4n) is 2.15. The number of rotatable bonds is 3. The molecule has 2 nitrogen and oxygen atoms in total. The number of aromatic nitrogens is 2. The van der Waals surface area contributed by atoms with Gasteiger partial charge in [0, 0.05) is 5.54 Å². The number of hydrogen-bond donors (Lipinski definition) is 0. The Balaban J connectivity index is 2.84. The minimum atomic E-state index is -0.171. The van der Waals surface area contributed by atoms with E-state index in [0.717, 1.165) is 23.3 Å². The molecule has 0 fully saturated rings. The maximum Gasteiger partial charge on any atom is 0.128 e. The van der Waals surface area contributed by atoms with Crippen LogP contribution in [0, 0.1) is 0 Å². The molecule has 0 bridgehead atoms. The molecule has 1 unspecified atom stereocenters.